The summed E-state index contributed by atoms with van der Waals surface area (Å²) in [4.78, 5) is 0. The molecule has 19 heavy (non-hydrogen) atoms. The average Bonchev–Trinajstić information content (AvgIpc) is 3.05. The van der Waals surface area contributed by atoms with Crippen LogP contribution in [0.25, 0.3) is 11.0 Å². The van der Waals surface area contributed by atoms with Crippen molar-refractivity contribution in [3.63, 3.8) is 0 Å². The van der Waals surface area contributed by atoms with Gasteiger partial charge in [0.25, 0.3) is 0 Å². The van der Waals surface area contributed by atoms with Gasteiger partial charge in [0.15, 0.2) is 5.58 Å². The predicted octanol–water partition coefficient (Wildman–Crippen LogP) is 4.91. The number of para-hydroxylation sites is 1. The molecule has 1 aromatic heterocycles. The summed E-state index contributed by atoms with van der Waals surface area (Å²) in [6, 6.07) is 7.86. The summed E-state index contributed by atoms with van der Waals surface area (Å²) in [7, 11) is 0. The van der Waals surface area contributed by atoms with Crippen molar-refractivity contribution in [2.24, 2.45) is 17.6 Å². The maximum atomic E-state index is 6.39. The molecule has 1 aliphatic carbocycles. The Hall–Kier alpha value is -0.990. The average molecular weight is 278 g/mol. The summed E-state index contributed by atoms with van der Waals surface area (Å²) >= 11 is 6.15. The second-order valence-electron chi connectivity index (χ2n) is 5.68. The van der Waals surface area contributed by atoms with E-state index >= 15 is 0 Å². The van der Waals surface area contributed by atoms with E-state index in [2.05, 4.69) is 6.92 Å². The third kappa shape index (κ3) is 2.39. The molecule has 3 heteroatoms. The molecule has 0 amide bonds. The Morgan fingerprint density at radius 1 is 1.42 bits per heavy atom. The number of benzene rings is 1. The number of rotatable bonds is 3. The Morgan fingerprint density at radius 3 is 2.95 bits per heavy atom. The number of furan rings is 1. The lowest BCUT2D eigenvalue weighted by atomic mass is 9.95. The Balaban J connectivity index is 1.86. The van der Waals surface area contributed by atoms with Gasteiger partial charge >= 0.3 is 0 Å². The van der Waals surface area contributed by atoms with Gasteiger partial charge in [-0.15, -0.1) is 0 Å². The lowest BCUT2D eigenvalue weighted by Crippen LogP contribution is -2.18. The van der Waals surface area contributed by atoms with E-state index < -0.39 is 0 Å². The molecule has 1 heterocycles. The number of nitrogens with two attached hydrogens (primary N) is 1. The standard InChI is InChI=1S/C16H20ClNO/c1-2-10-6-7-11(8-10)15(18)14-9-12-4-3-5-13(17)16(12)19-14/h3-5,9-11,15H,2,6-8,18H2,1H3. The molecule has 3 unspecified atom stereocenters. The monoisotopic (exact) mass is 277 g/mol. The number of halogens is 1. The first-order valence-electron chi connectivity index (χ1n) is 7.12. The molecule has 0 bridgehead atoms. The van der Waals surface area contributed by atoms with Crippen molar-refractivity contribution >= 4 is 22.6 Å². The summed E-state index contributed by atoms with van der Waals surface area (Å²) in [6.07, 6.45) is 5.00. The lowest BCUT2D eigenvalue weighted by molar-refractivity contribution is 0.366. The van der Waals surface area contributed by atoms with Gasteiger partial charge in [-0.1, -0.05) is 43.5 Å². The minimum Gasteiger partial charge on any atom is -0.458 e. The van der Waals surface area contributed by atoms with Crippen LogP contribution in [0.15, 0.2) is 28.7 Å². The molecule has 1 saturated carbocycles. The van der Waals surface area contributed by atoms with E-state index in [1.54, 1.807) is 0 Å². The van der Waals surface area contributed by atoms with Crippen LogP contribution in [-0.2, 0) is 0 Å². The maximum Gasteiger partial charge on any atom is 0.152 e. The normalized spacial score (nSPS) is 25.0. The molecular weight excluding hydrogens is 258 g/mol. The number of hydrogen-bond acceptors (Lipinski definition) is 2. The Morgan fingerprint density at radius 2 is 2.26 bits per heavy atom. The van der Waals surface area contributed by atoms with Crippen LogP contribution in [0.5, 0.6) is 0 Å². The largest absolute Gasteiger partial charge is 0.458 e. The van der Waals surface area contributed by atoms with Crippen molar-refractivity contribution < 1.29 is 4.42 Å². The molecule has 2 nitrogen and oxygen atoms in total. The van der Waals surface area contributed by atoms with Crippen LogP contribution in [0.1, 0.15) is 44.4 Å². The van der Waals surface area contributed by atoms with Crippen molar-refractivity contribution in [2.45, 2.75) is 38.6 Å². The fourth-order valence-electron chi connectivity index (χ4n) is 3.25. The van der Waals surface area contributed by atoms with Crippen LogP contribution in [0.2, 0.25) is 5.02 Å². The molecule has 3 rings (SSSR count). The summed E-state index contributed by atoms with van der Waals surface area (Å²) < 4.78 is 5.88. The van der Waals surface area contributed by atoms with Crippen molar-refractivity contribution in [2.75, 3.05) is 0 Å². The minimum atomic E-state index is 0.0000154. The second kappa shape index (κ2) is 5.18. The zero-order chi connectivity index (χ0) is 13.4. The van der Waals surface area contributed by atoms with Crippen LogP contribution >= 0.6 is 11.6 Å². The molecule has 2 aromatic rings. The van der Waals surface area contributed by atoms with Gasteiger partial charge in [0.2, 0.25) is 0 Å². The molecule has 0 saturated heterocycles. The topological polar surface area (TPSA) is 39.2 Å². The third-order valence-electron chi connectivity index (χ3n) is 4.51. The van der Waals surface area contributed by atoms with Gasteiger partial charge < -0.3 is 10.2 Å². The van der Waals surface area contributed by atoms with Crippen molar-refractivity contribution in [1.82, 2.24) is 0 Å². The number of hydrogen-bond donors (Lipinski definition) is 1. The van der Waals surface area contributed by atoms with E-state index in [1.165, 1.54) is 25.7 Å². The van der Waals surface area contributed by atoms with Gasteiger partial charge in [-0.3, -0.25) is 0 Å². The second-order valence-corrected chi connectivity index (χ2v) is 6.09. The summed E-state index contributed by atoms with van der Waals surface area (Å²) in [5.74, 6) is 2.26. The molecule has 2 N–H and O–H groups in total. The molecule has 3 atom stereocenters. The molecule has 1 fully saturated rings. The van der Waals surface area contributed by atoms with Crippen LogP contribution in [-0.4, -0.2) is 0 Å². The van der Waals surface area contributed by atoms with E-state index in [4.69, 9.17) is 21.8 Å². The van der Waals surface area contributed by atoms with E-state index in [0.717, 1.165) is 22.6 Å². The van der Waals surface area contributed by atoms with Gasteiger partial charge in [-0.05, 0) is 36.8 Å². The first-order chi connectivity index (χ1) is 9.19. The highest BCUT2D eigenvalue weighted by Gasteiger charge is 2.30. The highest BCUT2D eigenvalue weighted by molar-refractivity contribution is 6.34. The van der Waals surface area contributed by atoms with E-state index in [9.17, 15) is 0 Å². The first kappa shape index (κ1) is 13.0. The number of fused-ring (bicyclic) bond motifs is 1. The Kier molecular flexibility index (Phi) is 3.55. The van der Waals surface area contributed by atoms with Crippen molar-refractivity contribution in [3.05, 3.63) is 35.0 Å². The smallest absolute Gasteiger partial charge is 0.152 e. The fraction of sp³-hybridized carbons (Fsp3) is 0.500. The molecule has 0 aliphatic heterocycles. The summed E-state index contributed by atoms with van der Waals surface area (Å²) in [5.41, 5.74) is 7.16. The summed E-state index contributed by atoms with van der Waals surface area (Å²) in [5, 5.41) is 1.71. The van der Waals surface area contributed by atoms with Gasteiger partial charge in [-0.2, -0.15) is 0 Å². The maximum absolute atomic E-state index is 6.39. The molecule has 102 valence electrons. The summed E-state index contributed by atoms with van der Waals surface area (Å²) in [6.45, 7) is 2.26. The minimum absolute atomic E-state index is 0.0000154. The van der Waals surface area contributed by atoms with Gasteiger partial charge in [0, 0.05) is 5.39 Å². The zero-order valence-corrected chi connectivity index (χ0v) is 12.0. The van der Waals surface area contributed by atoms with Gasteiger partial charge in [0.1, 0.15) is 5.76 Å². The van der Waals surface area contributed by atoms with Crippen LogP contribution in [0.3, 0.4) is 0 Å². The zero-order valence-electron chi connectivity index (χ0n) is 11.2. The third-order valence-corrected chi connectivity index (χ3v) is 4.81. The Labute approximate surface area is 118 Å². The first-order valence-corrected chi connectivity index (χ1v) is 7.50. The fourth-order valence-corrected chi connectivity index (χ4v) is 3.48. The molecular formula is C16H20ClNO. The van der Waals surface area contributed by atoms with Crippen molar-refractivity contribution in [3.8, 4) is 0 Å². The van der Waals surface area contributed by atoms with E-state index in [0.29, 0.717) is 10.9 Å². The predicted molar refractivity (Wildman–Crippen MR) is 79.3 cm³/mol. The SMILES string of the molecule is CCC1CCC(C(N)c2cc3cccc(Cl)c3o2)C1. The molecule has 0 spiro atoms. The molecule has 0 radical (unpaired) electrons. The highest BCUT2D eigenvalue weighted by atomic mass is 35.5. The van der Waals surface area contributed by atoms with E-state index in [1.807, 2.05) is 24.3 Å². The molecule has 1 aliphatic rings. The lowest BCUT2D eigenvalue weighted by Gasteiger charge is -2.16. The van der Waals surface area contributed by atoms with Crippen LogP contribution in [0.4, 0.5) is 0 Å². The van der Waals surface area contributed by atoms with Crippen LogP contribution < -0.4 is 5.73 Å². The quantitative estimate of drug-likeness (QED) is 0.865. The van der Waals surface area contributed by atoms with Gasteiger partial charge in [0.05, 0.1) is 11.1 Å². The van der Waals surface area contributed by atoms with Crippen molar-refractivity contribution in [1.29, 1.82) is 0 Å². The Bertz CT molecular complexity index is 577. The highest BCUT2D eigenvalue weighted by Crippen LogP contribution is 2.40. The molecule has 1 aromatic carbocycles. The van der Waals surface area contributed by atoms with E-state index in [-0.39, 0.29) is 6.04 Å². The van der Waals surface area contributed by atoms with Gasteiger partial charge in [-0.25, -0.2) is 0 Å². The van der Waals surface area contributed by atoms with Crippen LogP contribution in [0, 0.1) is 11.8 Å².